The highest BCUT2D eigenvalue weighted by molar-refractivity contribution is 9.11. The van der Waals surface area contributed by atoms with Crippen molar-refractivity contribution in [3.05, 3.63) is 74.7 Å². The van der Waals surface area contributed by atoms with Gasteiger partial charge in [0.05, 0.1) is 10.2 Å². The number of oxazole rings is 1. The number of halogens is 2. The van der Waals surface area contributed by atoms with Crippen molar-refractivity contribution in [2.24, 2.45) is 4.99 Å². The van der Waals surface area contributed by atoms with E-state index in [0.717, 1.165) is 21.2 Å². The van der Waals surface area contributed by atoms with Crippen molar-refractivity contribution < 1.29 is 9.52 Å². The zero-order chi connectivity index (χ0) is 19.0. The van der Waals surface area contributed by atoms with Gasteiger partial charge in [-0.25, -0.2) is 4.98 Å². The van der Waals surface area contributed by atoms with Crippen LogP contribution in [-0.4, -0.2) is 16.3 Å². The summed E-state index contributed by atoms with van der Waals surface area (Å²) in [5.41, 5.74) is 4.90. The number of hydrogen-bond donors (Lipinski definition) is 1. The summed E-state index contributed by atoms with van der Waals surface area (Å²) in [5, 5.41) is 10.1. The number of aryl methyl sites for hydroxylation is 1. The second-order valence-corrected chi connectivity index (χ2v) is 7.89. The molecule has 0 spiro atoms. The number of fused-ring (bicyclic) bond motifs is 1. The fraction of sp³-hybridized carbons (Fsp3) is 0.0476. The molecule has 1 aromatic heterocycles. The first kappa shape index (κ1) is 17.9. The summed E-state index contributed by atoms with van der Waals surface area (Å²) < 4.78 is 7.30. The van der Waals surface area contributed by atoms with Gasteiger partial charge >= 0.3 is 0 Å². The third-order valence-electron chi connectivity index (χ3n) is 4.08. The Hall–Kier alpha value is -2.44. The van der Waals surface area contributed by atoms with E-state index in [2.05, 4.69) is 41.8 Å². The Kier molecular flexibility index (Phi) is 4.85. The Morgan fingerprint density at radius 3 is 2.59 bits per heavy atom. The topological polar surface area (TPSA) is 58.6 Å². The molecule has 0 saturated heterocycles. The Morgan fingerprint density at radius 1 is 1.04 bits per heavy atom. The first-order valence-electron chi connectivity index (χ1n) is 8.19. The molecule has 0 unspecified atom stereocenters. The number of phenolic OH excluding ortho intramolecular Hbond substituents is 1. The highest BCUT2D eigenvalue weighted by Gasteiger charge is 2.09. The lowest BCUT2D eigenvalue weighted by molar-refractivity contribution is 0.471. The quantitative estimate of drug-likeness (QED) is 0.325. The van der Waals surface area contributed by atoms with Gasteiger partial charge in [0.25, 0.3) is 0 Å². The SMILES string of the molecule is Cc1ccc(-c2nc3cc(N=Cc4cc(Br)cc(Br)c4O)ccc3o2)cc1. The zero-order valence-electron chi connectivity index (χ0n) is 14.3. The van der Waals surface area contributed by atoms with Crippen molar-refractivity contribution in [1.29, 1.82) is 0 Å². The molecule has 6 heteroatoms. The molecular formula is C21H14Br2N2O2. The molecule has 0 saturated carbocycles. The van der Waals surface area contributed by atoms with Gasteiger partial charge in [-0.15, -0.1) is 0 Å². The van der Waals surface area contributed by atoms with Crippen LogP contribution in [0.4, 0.5) is 5.69 Å². The van der Waals surface area contributed by atoms with Crippen LogP contribution in [-0.2, 0) is 0 Å². The summed E-state index contributed by atoms with van der Waals surface area (Å²) in [5.74, 6) is 0.728. The summed E-state index contributed by atoms with van der Waals surface area (Å²) in [7, 11) is 0. The van der Waals surface area contributed by atoms with E-state index in [4.69, 9.17) is 4.42 Å². The molecule has 134 valence electrons. The summed E-state index contributed by atoms with van der Waals surface area (Å²) in [4.78, 5) is 9.02. The molecule has 0 bridgehead atoms. The number of nitrogens with zero attached hydrogens (tertiary/aromatic N) is 2. The molecule has 0 aliphatic carbocycles. The van der Waals surface area contributed by atoms with Crippen LogP contribution in [0.5, 0.6) is 5.75 Å². The van der Waals surface area contributed by atoms with Gasteiger partial charge in [0.2, 0.25) is 5.89 Å². The van der Waals surface area contributed by atoms with E-state index in [-0.39, 0.29) is 5.75 Å². The molecule has 0 amide bonds. The molecule has 4 rings (SSSR count). The molecule has 4 nitrogen and oxygen atoms in total. The van der Waals surface area contributed by atoms with E-state index in [9.17, 15) is 5.11 Å². The Labute approximate surface area is 172 Å². The van der Waals surface area contributed by atoms with Gasteiger partial charge in [0, 0.05) is 21.8 Å². The lowest BCUT2D eigenvalue weighted by Crippen LogP contribution is -1.84. The van der Waals surface area contributed by atoms with Crippen molar-refractivity contribution >= 4 is 54.9 Å². The maximum Gasteiger partial charge on any atom is 0.227 e. The van der Waals surface area contributed by atoms with Crippen LogP contribution in [0.2, 0.25) is 0 Å². The summed E-state index contributed by atoms with van der Waals surface area (Å²) in [6.45, 7) is 2.04. The monoisotopic (exact) mass is 484 g/mol. The van der Waals surface area contributed by atoms with Gasteiger partial charge in [-0.3, -0.25) is 4.99 Å². The second kappa shape index (κ2) is 7.29. The minimum absolute atomic E-state index is 0.145. The van der Waals surface area contributed by atoms with Crippen molar-refractivity contribution in [1.82, 2.24) is 4.98 Å². The summed E-state index contributed by atoms with van der Waals surface area (Å²) in [6.07, 6.45) is 1.62. The number of benzene rings is 3. The number of aromatic nitrogens is 1. The van der Waals surface area contributed by atoms with Crippen LogP contribution in [0.25, 0.3) is 22.6 Å². The first-order chi connectivity index (χ1) is 13.0. The van der Waals surface area contributed by atoms with Crippen LogP contribution >= 0.6 is 31.9 Å². The van der Waals surface area contributed by atoms with E-state index in [0.29, 0.717) is 21.5 Å². The normalized spacial score (nSPS) is 11.5. The molecule has 4 aromatic rings. The molecule has 1 heterocycles. The summed E-state index contributed by atoms with van der Waals surface area (Å²) >= 11 is 6.73. The fourth-order valence-corrected chi connectivity index (χ4v) is 3.90. The van der Waals surface area contributed by atoms with Crippen molar-refractivity contribution in [3.63, 3.8) is 0 Å². The number of aliphatic imine (C=N–C) groups is 1. The minimum atomic E-state index is 0.145. The average Bonchev–Trinajstić information content (AvgIpc) is 3.07. The Bertz CT molecular complexity index is 1160. The second-order valence-electron chi connectivity index (χ2n) is 6.12. The number of aromatic hydroxyl groups is 1. The lowest BCUT2D eigenvalue weighted by Gasteiger charge is -2.02. The molecule has 27 heavy (non-hydrogen) atoms. The predicted octanol–water partition coefficient (Wildman–Crippen LogP) is 6.78. The van der Waals surface area contributed by atoms with Crippen LogP contribution in [0.3, 0.4) is 0 Å². The third kappa shape index (κ3) is 3.82. The molecule has 1 N–H and O–H groups in total. The smallest absolute Gasteiger partial charge is 0.227 e. The van der Waals surface area contributed by atoms with Gasteiger partial charge in [0.1, 0.15) is 11.3 Å². The number of hydrogen-bond acceptors (Lipinski definition) is 4. The molecule has 0 radical (unpaired) electrons. The standard InChI is InChI=1S/C21H14Br2N2O2/c1-12-2-4-13(5-3-12)21-25-18-10-16(6-7-19(18)27-21)24-11-14-8-15(22)9-17(23)20(14)26/h2-11,26H,1H3. The molecule has 0 fully saturated rings. The predicted molar refractivity (Wildman–Crippen MR) is 115 cm³/mol. The van der Waals surface area contributed by atoms with Crippen LogP contribution in [0, 0.1) is 6.92 Å². The van der Waals surface area contributed by atoms with E-state index >= 15 is 0 Å². The van der Waals surface area contributed by atoms with Gasteiger partial charge in [-0.05, 0) is 65.3 Å². The Morgan fingerprint density at radius 2 is 1.81 bits per heavy atom. The maximum absolute atomic E-state index is 10.1. The number of phenols is 1. The molecular weight excluding hydrogens is 472 g/mol. The highest BCUT2D eigenvalue weighted by atomic mass is 79.9. The minimum Gasteiger partial charge on any atom is -0.506 e. The molecule has 3 aromatic carbocycles. The maximum atomic E-state index is 10.1. The van der Waals surface area contributed by atoms with Crippen LogP contribution in [0.1, 0.15) is 11.1 Å². The molecule has 0 aliphatic heterocycles. The summed E-state index contributed by atoms with van der Waals surface area (Å²) in [6, 6.07) is 17.2. The van der Waals surface area contributed by atoms with E-state index in [1.165, 1.54) is 5.56 Å². The van der Waals surface area contributed by atoms with Crippen molar-refractivity contribution in [2.45, 2.75) is 6.92 Å². The van der Waals surface area contributed by atoms with Gasteiger partial charge in [-0.2, -0.15) is 0 Å². The van der Waals surface area contributed by atoms with Crippen molar-refractivity contribution in [2.75, 3.05) is 0 Å². The van der Waals surface area contributed by atoms with Crippen molar-refractivity contribution in [3.8, 4) is 17.2 Å². The highest BCUT2D eigenvalue weighted by Crippen LogP contribution is 2.31. The van der Waals surface area contributed by atoms with E-state index in [1.807, 2.05) is 49.4 Å². The molecule has 0 atom stereocenters. The van der Waals surface area contributed by atoms with Gasteiger partial charge < -0.3 is 9.52 Å². The lowest BCUT2D eigenvalue weighted by atomic mass is 10.1. The fourth-order valence-electron chi connectivity index (χ4n) is 2.64. The van der Waals surface area contributed by atoms with E-state index < -0.39 is 0 Å². The van der Waals surface area contributed by atoms with Crippen LogP contribution in [0.15, 0.2) is 73.0 Å². The molecule has 0 aliphatic rings. The zero-order valence-corrected chi connectivity index (χ0v) is 17.5. The average molecular weight is 486 g/mol. The number of rotatable bonds is 3. The third-order valence-corrected chi connectivity index (χ3v) is 5.14. The first-order valence-corrected chi connectivity index (χ1v) is 9.78. The van der Waals surface area contributed by atoms with Crippen LogP contribution < -0.4 is 0 Å². The van der Waals surface area contributed by atoms with Gasteiger partial charge in [0.15, 0.2) is 5.58 Å². The van der Waals surface area contributed by atoms with E-state index in [1.54, 1.807) is 18.3 Å². The largest absolute Gasteiger partial charge is 0.506 e. The van der Waals surface area contributed by atoms with Gasteiger partial charge in [-0.1, -0.05) is 33.6 Å². The Balaban J connectivity index is 1.67.